The fraction of sp³-hybridized carbons (Fsp3) is 0.222. The van der Waals surface area contributed by atoms with Crippen LogP contribution in [0.1, 0.15) is 30.5 Å². The van der Waals surface area contributed by atoms with E-state index in [9.17, 15) is 5.11 Å². The Kier molecular flexibility index (Phi) is 3.00. The summed E-state index contributed by atoms with van der Waals surface area (Å²) >= 11 is 0. The fourth-order valence-electron chi connectivity index (χ4n) is 2.72. The lowest BCUT2D eigenvalue weighted by atomic mass is 9.93. The third kappa shape index (κ3) is 2.17. The molecule has 1 atom stereocenters. The molecule has 0 bridgehead atoms. The van der Waals surface area contributed by atoms with E-state index in [1.807, 2.05) is 74.5 Å². The third-order valence-corrected chi connectivity index (χ3v) is 3.67. The van der Waals surface area contributed by atoms with Crippen molar-refractivity contribution in [1.82, 2.24) is 0 Å². The lowest BCUT2D eigenvalue weighted by Crippen LogP contribution is -2.26. The Morgan fingerprint density at radius 3 is 2.20 bits per heavy atom. The minimum Gasteiger partial charge on any atom is -0.359 e. The van der Waals surface area contributed by atoms with Gasteiger partial charge in [0.25, 0.3) is 0 Å². The highest BCUT2D eigenvalue weighted by Gasteiger charge is 2.46. The first kappa shape index (κ1) is 13.1. The van der Waals surface area contributed by atoms with Gasteiger partial charge in [-0.2, -0.15) is 0 Å². The molecule has 2 aromatic carbocycles. The molecule has 0 aliphatic carbocycles. The Morgan fingerprint density at radius 2 is 1.50 bits per heavy atom. The zero-order chi connectivity index (χ0) is 14.2. The van der Waals surface area contributed by atoms with Crippen LogP contribution in [0.25, 0.3) is 6.08 Å². The van der Waals surface area contributed by atoms with Crippen LogP contribution in [0.15, 0.2) is 60.7 Å². The number of aliphatic hydroxyl groups is 1. The molecule has 2 heteroatoms. The second-order valence-electron chi connectivity index (χ2n) is 5.60. The highest BCUT2D eigenvalue weighted by Crippen LogP contribution is 2.46. The van der Waals surface area contributed by atoms with Crippen LogP contribution in [0, 0.1) is 0 Å². The van der Waals surface area contributed by atoms with Crippen molar-refractivity contribution in [2.24, 2.45) is 0 Å². The van der Waals surface area contributed by atoms with Gasteiger partial charge in [-0.05, 0) is 31.1 Å². The van der Waals surface area contributed by atoms with Gasteiger partial charge in [-0.1, -0.05) is 60.7 Å². The topological polar surface area (TPSA) is 29.5 Å². The third-order valence-electron chi connectivity index (χ3n) is 3.67. The average molecular weight is 266 g/mol. The van der Waals surface area contributed by atoms with Crippen molar-refractivity contribution in [3.05, 3.63) is 77.4 Å². The van der Waals surface area contributed by atoms with E-state index in [1.54, 1.807) is 6.08 Å². The SMILES string of the molecule is CC1(C)O[C@](O)(/C=C\c2ccccc2)c2ccccc21. The lowest BCUT2D eigenvalue weighted by Gasteiger charge is -2.24. The molecule has 0 aromatic heterocycles. The predicted octanol–water partition coefficient (Wildman–Crippen LogP) is 3.81. The minimum atomic E-state index is -1.37. The molecule has 0 unspecified atom stereocenters. The molecule has 20 heavy (non-hydrogen) atoms. The fourth-order valence-corrected chi connectivity index (χ4v) is 2.72. The Labute approximate surface area is 119 Å². The molecule has 3 rings (SSSR count). The predicted molar refractivity (Wildman–Crippen MR) is 79.9 cm³/mol. The number of rotatable bonds is 2. The largest absolute Gasteiger partial charge is 0.359 e. The molecule has 1 aliphatic heterocycles. The maximum atomic E-state index is 10.8. The van der Waals surface area contributed by atoms with Crippen LogP contribution in [0.3, 0.4) is 0 Å². The van der Waals surface area contributed by atoms with Crippen LogP contribution in [-0.4, -0.2) is 5.11 Å². The molecular formula is C18H18O2. The molecule has 0 saturated heterocycles. The first-order valence-electron chi connectivity index (χ1n) is 6.78. The van der Waals surface area contributed by atoms with E-state index in [0.29, 0.717) is 0 Å². The summed E-state index contributed by atoms with van der Waals surface area (Å²) in [6.45, 7) is 3.94. The van der Waals surface area contributed by atoms with E-state index in [2.05, 4.69) is 0 Å². The number of hydrogen-bond acceptors (Lipinski definition) is 2. The summed E-state index contributed by atoms with van der Waals surface area (Å²) in [7, 11) is 0. The second kappa shape index (κ2) is 4.58. The lowest BCUT2D eigenvalue weighted by molar-refractivity contribution is -0.217. The Balaban J connectivity index is 2.00. The normalized spacial score (nSPS) is 23.9. The molecule has 102 valence electrons. The molecule has 1 aliphatic rings. The summed E-state index contributed by atoms with van der Waals surface area (Å²) in [5.41, 5.74) is 2.39. The van der Waals surface area contributed by atoms with Gasteiger partial charge in [-0.3, -0.25) is 0 Å². The van der Waals surface area contributed by atoms with Crippen LogP contribution in [0.4, 0.5) is 0 Å². The van der Waals surface area contributed by atoms with Gasteiger partial charge >= 0.3 is 0 Å². The monoisotopic (exact) mass is 266 g/mol. The summed E-state index contributed by atoms with van der Waals surface area (Å²) in [4.78, 5) is 0. The maximum Gasteiger partial charge on any atom is 0.214 e. The highest BCUT2D eigenvalue weighted by molar-refractivity contribution is 5.53. The number of hydrogen-bond donors (Lipinski definition) is 1. The molecule has 0 amide bonds. The van der Waals surface area contributed by atoms with Crippen molar-refractivity contribution in [1.29, 1.82) is 0 Å². The van der Waals surface area contributed by atoms with Crippen molar-refractivity contribution in [2.45, 2.75) is 25.2 Å². The van der Waals surface area contributed by atoms with E-state index in [0.717, 1.165) is 16.7 Å². The molecule has 0 spiro atoms. The standard InChI is InChI=1S/C18H18O2/c1-17(2)15-10-6-7-11-16(15)18(19,20-17)13-12-14-8-4-3-5-9-14/h3-13,19H,1-2H3/b13-12-/t18-/m1/s1. The van der Waals surface area contributed by atoms with Gasteiger partial charge in [0.1, 0.15) is 0 Å². The van der Waals surface area contributed by atoms with Crippen molar-refractivity contribution >= 4 is 6.08 Å². The van der Waals surface area contributed by atoms with Gasteiger partial charge in [0.2, 0.25) is 5.79 Å². The van der Waals surface area contributed by atoms with Crippen molar-refractivity contribution in [2.75, 3.05) is 0 Å². The Hall–Kier alpha value is -1.90. The van der Waals surface area contributed by atoms with Gasteiger partial charge in [-0.25, -0.2) is 0 Å². The Bertz CT molecular complexity index is 643. The van der Waals surface area contributed by atoms with Gasteiger partial charge in [0, 0.05) is 5.56 Å². The van der Waals surface area contributed by atoms with Crippen LogP contribution in [0.5, 0.6) is 0 Å². The van der Waals surface area contributed by atoms with Crippen LogP contribution >= 0.6 is 0 Å². The number of benzene rings is 2. The van der Waals surface area contributed by atoms with Crippen molar-refractivity contribution in [3.8, 4) is 0 Å². The van der Waals surface area contributed by atoms with Gasteiger partial charge < -0.3 is 9.84 Å². The molecule has 0 fully saturated rings. The molecule has 2 aromatic rings. The summed E-state index contributed by atoms with van der Waals surface area (Å²) in [6, 6.07) is 17.7. The van der Waals surface area contributed by atoms with E-state index in [4.69, 9.17) is 4.74 Å². The number of ether oxygens (including phenoxy) is 1. The Morgan fingerprint density at radius 1 is 0.900 bits per heavy atom. The summed E-state index contributed by atoms with van der Waals surface area (Å²) in [5.74, 6) is -1.37. The summed E-state index contributed by atoms with van der Waals surface area (Å²) < 4.78 is 5.90. The average Bonchev–Trinajstić information content (AvgIpc) is 2.66. The summed E-state index contributed by atoms with van der Waals surface area (Å²) in [5, 5.41) is 10.8. The highest BCUT2D eigenvalue weighted by atomic mass is 16.6. The van der Waals surface area contributed by atoms with Crippen LogP contribution in [0.2, 0.25) is 0 Å². The minimum absolute atomic E-state index is 0.494. The zero-order valence-electron chi connectivity index (χ0n) is 11.7. The first-order valence-corrected chi connectivity index (χ1v) is 6.78. The maximum absolute atomic E-state index is 10.8. The molecule has 0 saturated carbocycles. The van der Waals surface area contributed by atoms with E-state index in [1.165, 1.54) is 0 Å². The number of fused-ring (bicyclic) bond motifs is 1. The van der Waals surface area contributed by atoms with E-state index in [-0.39, 0.29) is 0 Å². The van der Waals surface area contributed by atoms with Crippen LogP contribution in [-0.2, 0) is 16.1 Å². The first-order chi connectivity index (χ1) is 9.51. The zero-order valence-corrected chi connectivity index (χ0v) is 11.7. The van der Waals surface area contributed by atoms with Gasteiger partial charge in [-0.15, -0.1) is 0 Å². The van der Waals surface area contributed by atoms with Gasteiger partial charge in [0.15, 0.2) is 0 Å². The molecule has 0 radical (unpaired) electrons. The molecular weight excluding hydrogens is 248 g/mol. The molecule has 2 nitrogen and oxygen atoms in total. The van der Waals surface area contributed by atoms with Gasteiger partial charge in [0.05, 0.1) is 5.60 Å². The summed E-state index contributed by atoms with van der Waals surface area (Å²) in [6.07, 6.45) is 3.61. The van der Waals surface area contributed by atoms with E-state index >= 15 is 0 Å². The quantitative estimate of drug-likeness (QED) is 0.895. The van der Waals surface area contributed by atoms with Crippen molar-refractivity contribution < 1.29 is 9.84 Å². The van der Waals surface area contributed by atoms with Crippen molar-refractivity contribution in [3.63, 3.8) is 0 Å². The second-order valence-corrected chi connectivity index (χ2v) is 5.60. The molecule has 1 N–H and O–H groups in total. The molecule has 1 heterocycles. The smallest absolute Gasteiger partial charge is 0.214 e. The van der Waals surface area contributed by atoms with E-state index < -0.39 is 11.4 Å². The van der Waals surface area contributed by atoms with Crippen LogP contribution < -0.4 is 0 Å².